The summed E-state index contributed by atoms with van der Waals surface area (Å²) in [5.74, 6) is 0.982. The van der Waals surface area contributed by atoms with Gasteiger partial charge in [0.1, 0.15) is 5.76 Å². The SMILES string of the molecule is COC(=O)c1oc(CS)cc1C. The Labute approximate surface area is 76.1 Å². The van der Waals surface area contributed by atoms with Crippen molar-refractivity contribution in [1.82, 2.24) is 0 Å². The second kappa shape index (κ2) is 3.67. The fourth-order valence-corrected chi connectivity index (χ4v) is 1.08. The lowest BCUT2D eigenvalue weighted by Crippen LogP contribution is -2.00. The summed E-state index contributed by atoms with van der Waals surface area (Å²) >= 11 is 4.02. The highest BCUT2D eigenvalue weighted by Crippen LogP contribution is 2.16. The van der Waals surface area contributed by atoms with Gasteiger partial charge in [-0.25, -0.2) is 4.79 Å². The number of carbonyl (C=O) groups excluding carboxylic acids is 1. The molecule has 0 bridgehead atoms. The Morgan fingerprint density at radius 3 is 2.83 bits per heavy atom. The Morgan fingerprint density at radius 1 is 1.75 bits per heavy atom. The molecule has 1 aromatic rings. The molecule has 3 nitrogen and oxygen atoms in total. The van der Waals surface area contributed by atoms with Crippen molar-refractivity contribution in [3.63, 3.8) is 0 Å². The van der Waals surface area contributed by atoms with Gasteiger partial charge in [-0.15, -0.1) is 0 Å². The largest absolute Gasteiger partial charge is 0.463 e. The Kier molecular flexibility index (Phi) is 2.81. The van der Waals surface area contributed by atoms with Crippen LogP contribution in [0.4, 0.5) is 0 Å². The summed E-state index contributed by atoms with van der Waals surface area (Å²) in [6.45, 7) is 1.79. The van der Waals surface area contributed by atoms with E-state index in [1.165, 1.54) is 7.11 Å². The van der Waals surface area contributed by atoms with Gasteiger partial charge in [-0.2, -0.15) is 12.6 Å². The zero-order valence-electron chi connectivity index (χ0n) is 6.96. The summed E-state index contributed by atoms with van der Waals surface area (Å²) in [5.41, 5.74) is 0.783. The van der Waals surface area contributed by atoms with Crippen molar-refractivity contribution in [3.8, 4) is 0 Å². The van der Waals surface area contributed by atoms with E-state index in [0.29, 0.717) is 11.5 Å². The van der Waals surface area contributed by atoms with Crippen LogP contribution in [0.3, 0.4) is 0 Å². The van der Waals surface area contributed by atoms with Crippen LogP contribution in [-0.2, 0) is 10.5 Å². The van der Waals surface area contributed by atoms with Crippen molar-refractivity contribution in [2.75, 3.05) is 7.11 Å². The molecule has 4 heteroatoms. The maximum absolute atomic E-state index is 11.0. The van der Waals surface area contributed by atoms with Crippen molar-refractivity contribution in [1.29, 1.82) is 0 Å². The van der Waals surface area contributed by atoms with Crippen LogP contribution < -0.4 is 0 Å². The van der Waals surface area contributed by atoms with Crippen LogP contribution in [0.1, 0.15) is 21.9 Å². The van der Waals surface area contributed by atoms with E-state index in [2.05, 4.69) is 17.4 Å². The second-order valence-electron chi connectivity index (χ2n) is 2.37. The smallest absolute Gasteiger partial charge is 0.374 e. The van der Waals surface area contributed by atoms with Gasteiger partial charge in [-0.3, -0.25) is 0 Å². The van der Waals surface area contributed by atoms with Gasteiger partial charge in [0.05, 0.1) is 7.11 Å². The van der Waals surface area contributed by atoms with Crippen molar-refractivity contribution in [2.24, 2.45) is 0 Å². The number of hydrogen-bond donors (Lipinski definition) is 1. The lowest BCUT2D eigenvalue weighted by atomic mass is 10.3. The van der Waals surface area contributed by atoms with Crippen LogP contribution in [-0.4, -0.2) is 13.1 Å². The van der Waals surface area contributed by atoms with E-state index in [1.54, 1.807) is 13.0 Å². The number of rotatable bonds is 2. The van der Waals surface area contributed by atoms with Gasteiger partial charge in [0.25, 0.3) is 0 Å². The van der Waals surface area contributed by atoms with E-state index >= 15 is 0 Å². The Morgan fingerprint density at radius 2 is 2.42 bits per heavy atom. The minimum absolute atomic E-state index is 0.265. The first kappa shape index (κ1) is 9.19. The monoisotopic (exact) mass is 186 g/mol. The first-order chi connectivity index (χ1) is 5.69. The standard InChI is InChI=1S/C8H10O3S/c1-5-3-6(4-12)11-7(5)8(9)10-2/h3,12H,4H2,1-2H3. The third kappa shape index (κ3) is 1.64. The highest BCUT2D eigenvalue weighted by atomic mass is 32.1. The van der Waals surface area contributed by atoms with Crippen LogP contribution >= 0.6 is 12.6 Å². The first-order valence-corrected chi connectivity index (χ1v) is 4.10. The number of methoxy groups -OCH3 is 1. The Bertz CT molecular complexity index is 290. The van der Waals surface area contributed by atoms with Crippen LogP contribution in [0, 0.1) is 6.92 Å². The number of esters is 1. The summed E-state index contributed by atoms with van der Waals surface area (Å²) in [4.78, 5) is 11.0. The minimum atomic E-state index is -0.444. The molecule has 0 aliphatic heterocycles. The maximum atomic E-state index is 11.0. The van der Waals surface area contributed by atoms with Crippen LogP contribution in [0.5, 0.6) is 0 Å². The number of carbonyl (C=O) groups is 1. The van der Waals surface area contributed by atoms with Gasteiger partial charge in [0, 0.05) is 11.3 Å². The lowest BCUT2D eigenvalue weighted by molar-refractivity contribution is 0.0562. The number of thiol groups is 1. The maximum Gasteiger partial charge on any atom is 0.374 e. The summed E-state index contributed by atoms with van der Waals surface area (Å²) in [6.07, 6.45) is 0. The van der Waals surface area contributed by atoms with Crippen molar-refractivity contribution in [3.05, 3.63) is 23.2 Å². The van der Waals surface area contributed by atoms with Crippen LogP contribution in [0.25, 0.3) is 0 Å². The molecule has 0 aliphatic rings. The first-order valence-electron chi connectivity index (χ1n) is 3.47. The molecule has 0 fully saturated rings. The predicted octanol–water partition coefficient (Wildman–Crippen LogP) is 1.80. The van der Waals surface area contributed by atoms with E-state index in [0.717, 1.165) is 5.56 Å². The lowest BCUT2D eigenvalue weighted by Gasteiger charge is -1.94. The van der Waals surface area contributed by atoms with Gasteiger partial charge in [-0.05, 0) is 13.0 Å². The molecule has 1 rings (SSSR count). The molecule has 0 N–H and O–H groups in total. The average Bonchev–Trinajstić information content (AvgIpc) is 2.45. The van der Waals surface area contributed by atoms with E-state index < -0.39 is 5.97 Å². The molecule has 0 atom stereocenters. The quantitative estimate of drug-likeness (QED) is 0.565. The fourth-order valence-electron chi connectivity index (χ4n) is 0.921. The molecule has 0 radical (unpaired) electrons. The van der Waals surface area contributed by atoms with E-state index in [1.807, 2.05) is 0 Å². The minimum Gasteiger partial charge on any atom is -0.463 e. The van der Waals surface area contributed by atoms with Crippen LogP contribution in [0.2, 0.25) is 0 Å². The van der Waals surface area contributed by atoms with Gasteiger partial charge in [-0.1, -0.05) is 0 Å². The second-order valence-corrected chi connectivity index (χ2v) is 2.69. The normalized spacial score (nSPS) is 9.92. The van der Waals surface area contributed by atoms with Gasteiger partial charge in [0.2, 0.25) is 5.76 Å². The van der Waals surface area contributed by atoms with E-state index in [9.17, 15) is 4.79 Å². The molecule has 0 amide bonds. The zero-order valence-corrected chi connectivity index (χ0v) is 7.85. The summed E-state index contributed by atoms with van der Waals surface area (Å²) in [7, 11) is 1.32. The number of hydrogen-bond acceptors (Lipinski definition) is 4. The molecule has 0 saturated heterocycles. The molecular formula is C8H10O3S. The molecule has 0 aromatic carbocycles. The number of furan rings is 1. The molecule has 66 valence electrons. The summed E-state index contributed by atoms with van der Waals surface area (Å²) in [5, 5.41) is 0. The fraction of sp³-hybridized carbons (Fsp3) is 0.375. The van der Waals surface area contributed by atoms with Crippen LogP contribution in [0.15, 0.2) is 10.5 Å². The van der Waals surface area contributed by atoms with Gasteiger partial charge < -0.3 is 9.15 Å². The van der Waals surface area contributed by atoms with Gasteiger partial charge in [0.15, 0.2) is 0 Å². The van der Waals surface area contributed by atoms with E-state index in [4.69, 9.17) is 4.42 Å². The van der Waals surface area contributed by atoms with Gasteiger partial charge >= 0.3 is 5.97 Å². The third-order valence-corrected chi connectivity index (χ3v) is 1.81. The summed E-state index contributed by atoms with van der Waals surface area (Å²) in [6, 6.07) is 1.78. The number of aryl methyl sites for hydroxylation is 1. The van der Waals surface area contributed by atoms with Crippen molar-refractivity contribution in [2.45, 2.75) is 12.7 Å². The highest BCUT2D eigenvalue weighted by Gasteiger charge is 2.14. The van der Waals surface area contributed by atoms with Crippen molar-refractivity contribution < 1.29 is 13.9 Å². The molecule has 12 heavy (non-hydrogen) atoms. The molecule has 1 heterocycles. The highest BCUT2D eigenvalue weighted by molar-refractivity contribution is 7.79. The molecule has 0 aliphatic carbocycles. The molecular weight excluding hydrogens is 176 g/mol. The molecule has 0 saturated carbocycles. The average molecular weight is 186 g/mol. The predicted molar refractivity (Wildman–Crippen MR) is 47.5 cm³/mol. The summed E-state index contributed by atoms with van der Waals surface area (Å²) < 4.78 is 9.68. The topological polar surface area (TPSA) is 39.4 Å². The zero-order chi connectivity index (χ0) is 9.14. The molecule has 0 spiro atoms. The number of ether oxygens (including phenoxy) is 1. The van der Waals surface area contributed by atoms with Crippen molar-refractivity contribution >= 4 is 18.6 Å². The Balaban J connectivity index is 2.99. The third-order valence-electron chi connectivity index (χ3n) is 1.50. The van der Waals surface area contributed by atoms with E-state index in [-0.39, 0.29) is 5.76 Å². The molecule has 0 unspecified atom stereocenters. The molecule has 1 aromatic heterocycles. The Hall–Kier alpha value is -0.900.